The Bertz CT molecular complexity index is 362. The van der Waals surface area contributed by atoms with Crippen molar-refractivity contribution in [1.29, 1.82) is 0 Å². The summed E-state index contributed by atoms with van der Waals surface area (Å²) in [5.41, 5.74) is 2.20. The minimum Gasteiger partial charge on any atom is -0.467 e. The highest BCUT2D eigenvalue weighted by atomic mass is 16.5. The standard InChI is InChI=1S/C12H20N4O/c1-10-11(8-14-12(15-10)17-2)9-16-6-3-4-13-5-7-16/h8,13H,3-7,9H2,1-2H3. The van der Waals surface area contributed by atoms with Crippen LogP contribution in [0.3, 0.4) is 0 Å². The van der Waals surface area contributed by atoms with Crippen LogP contribution in [-0.2, 0) is 6.54 Å². The number of hydrogen-bond acceptors (Lipinski definition) is 5. The van der Waals surface area contributed by atoms with Crippen molar-refractivity contribution >= 4 is 0 Å². The van der Waals surface area contributed by atoms with Gasteiger partial charge >= 0.3 is 6.01 Å². The summed E-state index contributed by atoms with van der Waals surface area (Å²) in [7, 11) is 1.59. The summed E-state index contributed by atoms with van der Waals surface area (Å²) >= 11 is 0. The molecule has 2 rings (SSSR count). The molecule has 1 aliphatic heterocycles. The molecule has 0 amide bonds. The third kappa shape index (κ3) is 3.38. The van der Waals surface area contributed by atoms with Gasteiger partial charge in [0.05, 0.1) is 7.11 Å². The Kier molecular flexibility index (Phi) is 4.28. The van der Waals surface area contributed by atoms with Gasteiger partial charge in [0.2, 0.25) is 0 Å². The molecule has 5 nitrogen and oxygen atoms in total. The number of aromatic nitrogens is 2. The minimum absolute atomic E-state index is 0.448. The molecule has 0 atom stereocenters. The molecule has 0 unspecified atom stereocenters. The van der Waals surface area contributed by atoms with Crippen LogP contribution < -0.4 is 10.1 Å². The molecule has 94 valence electrons. The Balaban J connectivity index is 2.01. The Morgan fingerprint density at radius 3 is 3.06 bits per heavy atom. The van der Waals surface area contributed by atoms with Crippen LogP contribution in [0.4, 0.5) is 0 Å². The molecular weight excluding hydrogens is 216 g/mol. The Morgan fingerprint density at radius 1 is 1.41 bits per heavy atom. The topological polar surface area (TPSA) is 50.3 Å². The minimum atomic E-state index is 0.448. The third-order valence-corrected chi connectivity index (χ3v) is 3.07. The molecule has 0 spiro atoms. The highest BCUT2D eigenvalue weighted by Crippen LogP contribution is 2.11. The average molecular weight is 236 g/mol. The van der Waals surface area contributed by atoms with Crippen molar-refractivity contribution in [3.05, 3.63) is 17.5 Å². The van der Waals surface area contributed by atoms with Crippen molar-refractivity contribution in [3.63, 3.8) is 0 Å². The van der Waals surface area contributed by atoms with E-state index in [-0.39, 0.29) is 0 Å². The van der Waals surface area contributed by atoms with Crippen molar-refractivity contribution in [3.8, 4) is 6.01 Å². The molecule has 1 fully saturated rings. The molecule has 0 saturated carbocycles. The maximum atomic E-state index is 5.01. The largest absolute Gasteiger partial charge is 0.467 e. The van der Waals surface area contributed by atoms with Crippen LogP contribution >= 0.6 is 0 Å². The molecule has 0 aromatic carbocycles. The maximum absolute atomic E-state index is 5.01. The lowest BCUT2D eigenvalue weighted by Crippen LogP contribution is -2.28. The average Bonchev–Trinajstić information content (AvgIpc) is 2.60. The van der Waals surface area contributed by atoms with Gasteiger partial charge < -0.3 is 10.1 Å². The van der Waals surface area contributed by atoms with E-state index in [4.69, 9.17) is 4.74 Å². The fraction of sp³-hybridized carbons (Fsp3) is 0.667. The second kappa shape index (κ2) is 5.93. The lowest BCUT2D eigenvalue weighted by molar-refractivity contribution is 0.282. The SMILES string of the molecule is COc1ncc(CN2CCCNCC2)c(C)n1. The molecule has 0 radical (unpaired) electrons. The highest BCUT2D eigenvalue weighted by molar-refractivity contribution is 5.17. The van der Waals surface area contributed by atoms with Gasteiger partial charge in [0.15, 0.2) is 0 Å². The Hall–Kier alpha value is -1.20. The lowest BCUT2D eigenvalue weighted by atomic mass is 10.2. The number of methoxy groups -OCH3 is 1. The lowest BCUT2D eigenvalue weighted by Gasteiger charge is -2.20. The number of nitrogens with one attached hydrogen (secondary N) is 1. The van der Waals surface area contributed by atoms with Crippen LogP contribution in [-0.4, -0.2) is 48.2 Å². The first-order valence-electron chi connectivity index (χ1n) is 6.09. The van der Waals surface area contributed by atoms with Crippen LogP contribution in [0.15, 0.2) is 6.20 Å². The zero-order valence-electron chi connectivity index (χ0n) is 10.6. The van der Waals surface area contributed by atoms with Gasteiger partial charge in [-0.15, -0.1) is 0 Å². The molecule has 5 heteroatoms. The van der Waals surface area contributed by atoms with E-state index in [1.165, 1.54) is 12.0 Å². The quantitative estimate of drug-likeness (QED) is 0.832. The van der Waals surface area contributed by atoms with Gasteiger partial charge in [-0.1, -0.05) is 0 Å². The molecule has 1 aromatic heterocycles. The van der Waals surface area contributed by atoms with Crippen molar-refractivity contribution in [2.45, 2.75) is 19.9 Å². The summed E-state index contributed by atoms with van der Waals surface area (Å²) in [6.45, 7) is 7.35. The number of aryl methyl sites for hydroxylation is 1. The molecule has 0 aliphatic carbocycles. The first-order chi connectivity index (χ1) is 8.29. The zero-order chi connectivity index (χ0) is 12.1. The Morgan fingerprint density at radius 2 is 2.29 bits per heavy atom. The van der Waals surface area contributed by atoms with Crippen molar-refractivity contribution in [1.82, 2.24) is 20.2 Å². The van der Waals surface area contributed by atoms with E-state index in [9.17, 15) is 0 Å². The molecular formula is C12H20N4O. The second-order valence-electron chi connectivity index (χ2n) is 4.35. The summed E-state index contributed by atoms with van der Waals surface area (Å²) in [4.78, 5) is 10.9. The molecule has 1 aromatic rings. The van der Waals surface area contributed by atoms with Crippen LogP contribution in [0.1, 0.15) is 17.7 Å². The van der Waals surface area contributed by atoms with Crippen LogP contribution in [0, 0.1) is 6.92 Å². The summed E-state index contributed by atoms with van der Waals surface area (Å²) < 4.78 is 5.01. The fourth-order valence-corrected chi connectivity index (χ4v) is 2.02. The monoisotopic (exact) mass is 236 g/mol. The summed E-state index contributed by atoms with van der Waals surface area (Å²) in [6, 6.07) is 0.448. The number of nitrogens with zero attached hydrogens (tertiary/aromatic N) is 3. The van der Waals surface area contributed by atoms with Gasteiger partial charge in [-0.3, -0.25) is 4.90 Å². The summed E-state index contributed by atoms with van der Waals surface area (Å²) in [5, 5.41) is 3.40. The Labute approximate surface area is 102 Å². The van der Waals surface area contributed by atoms with E-state index >= 15 is 0 Å². The van der Waals surface area contributed by atoms with E-state index in [1.54, 1.807) is 7.11 Å². The van der Waals surface area contributed by atoms with Gasteiger partial charge in [-0.2, -0.15) is 0 Å². The normalized spacial score (nSPS) is 17.8. The molecule has 1 saturated heterocycles. The highest BCUT2D eigenvalue weighted by Gasteiger charge is 2.11. The van der Waals surface area contributed by atoms with Crippen LogP contribution in [0.2, 0.25) is 0 Å². The van der Waals surface area contributed by atoms with Gasteiger partial charge in [0, 0.05) is 37.1 Å². The van der Waals surface area contributed by atoms with Gasteiger partial charge in [0.25, 0.3) is 0 Å². The molecule has 0 bridgehead atoms. The van der Waals surface area contributed by atoms with Crippen molar-refractivity contribution < 1.29 is 4.74 Å². The van der Waals surface area contributed by atoms with Gasteiger partial charge in [-0.05, 0) is 26.4 Å². The molecule has 1 aliphatic rings. The van der Waals surface area contributed by atoms with Crippen LogP contribution in [0.25, 0.3) is 0 Å². The second-order valence-corrected chi connectivity index (χ2v) is 4.35. The van der Waals surface area contributed by atoms with Crippen molar-refractivity contribution in [2.24, 2.45) is 0 Å². The molecule has 17 heavy (non-hydrogen) atoms. The van der Waals surface area contributed by atoms with Crippen molar-refractivity contribution in [2.75, 3.05) is 33.3 Å². The first-order valence-corrected chi connectivity index (χ1v) is 6.09. The maximum Gasteiger partial charge on any atom is 0.316 e. The van der Waals surface area contributed by atoms with E-state index in [0.29, 0.717) is 6.01 Å². The first kappa shape index (κ1) is 12.3. The number of rotatable bonds is 3. The molecule has 2 heterocycles. The molecule has 1 N–H and O–H groups in total. The van der Waals surface area contributed by atoms with Gasteiger partial charge in [-0.25, -0.2) is 9.97 Å². The number of ether oxygens (including phenoxy) is 1. The number of hydrogen-bond donors (Lipinski definition) is 1. The predicted octanol–water partition coefficient (Wildman–Crippen LogP) is 0.589. The van der Waals surface area contributed by atoms with E-state index < -0.39 is 0 Å². The smallest absolute Gasteiger partial charge is 0.316 e. The predicted molar refractivity (Wildman–Crippen MR) is 66.1 cm³/mol. The van der Waals surface area contributed by atoms with E-state index in [0.717, 1.165) is 38.4 Å². The van der Waals surface area contributed by atoms with Crippen LogP contribution in [0.5, 0.6) is 6.01 Å². The summed E-state index contributed by atoms with van der Waals surface area (Å²) in [6.07, 6.45) is 3.08. The zero-order valence-corrected chi connectivity index (χ0v) is 10.6. The van der Waals surface area contributed by atoms with E-state index in [1.807, 2.05) is 13.1 Å². The van der Waals surface area contributed by atoms with E-state index in [2.05, 4.69) is 20.2 Å². The fourth-order valence-electron chi connectivity index (χ4n) is 2.02. The summed E-state index contributed by atoms with van der Waals surface area (Å²) in [5.74, 6) is 0. The van der Waals surface area contributed by atoms with Gasteiger partial charge in [0.1, 0.15) is 0 Å². The third-order valence-electron chi connectivity index (χ3n) is 3.07.